The Morgan fingerprint density at radius 3 is 2.74 bits per heavy atom. The van der Waals surface area contributed by atoms with Gasteiger partial charge in [-0.3, -0.25) is 4.79 Å². The van der Waals surface area contributed by atoms with Gasteiger partial charge in [0.2, 0.25) is 0 Å². The molecule has 1 amide bonds. The molecule has 1 fully saturated rings. The summed E-state index contributed by atoms with van der Waals surface area (Å²) >= 11 is 0. The van der Waals surface area contributed by atoms with Crippen molar-refractivity contribution in [2.24, 2.45) is 5.92 Å². The summed E-state index contributed by atoms with van der Waals surface area (Å²) in [6.07, 6.45) is 1.45. The average molecular weight is 345 g/mol. The largest absolute Gasteiger partial charge is 0.481 e. The van der Waals surface area contributed by atoms with Gasteiger partial charge in [-0.1, -0.05) is 13.0 Å². The fraction of sp³-hybridized carbons (Fsp3) is 0.588. The van der Waals surface area contributed by atoms with Gasteiger partial charge < -0.3 is 15.0 Å². The van der Waals surface area contributed by atoms with Crippen molar-refractivity contribution in [2.45, 2.75) is 32.8 Å². The predicted octanol–water partition coefficient (Wildman–Crippen LogP) is 2.86. The lowest BCUT2D eigenvalue weighted by Gasteiger charge is -2.33. The summed E-state index contributed by atoms with van der Waals surface area (Å²) in [5.41, 5.74) is 0. The van der Waals surface area contributed by atoms with Crippen LogP contribution in [0, 0.1) is 11.7 Å². The molecule has 1 N–H and O–H groups in total. The van der Waals surface area contributed by atoms with E-state index in [4.69, 9.17) is 4.74 Å². The minimum absolute atomic E-state index is 0. The number of ether oxygens (including phenoxy) is 1. The van der Waals surface area contributed by atoms with Gasteiger partial charge in [-0.2, -0.15) is 0 Å². The first-order chi connectivity index (χ1) is 10.6. The molecule has 0 aliphatic carbocycles. The predicted molar refractivity (Wildman–Crippen MR) is 91.6 cm³/mol. The van der Waals surface area contributed by atoms with Crippen molar-refractivity contribution in [3.05, 3.63) is 30.1 Å². The molecule has 2 rings (SSSR count). The van der Waals surface area contributed by atoms with Gasteiger partial charge >= 0.3 is 0 Å². The SMILES string of the molecule is CCNCC1CCN(C(=O)C(C)Oc2cccc(F)c2)CC1.Cl. The van der Waals surface area contributed by atoms with Crippen LogP contribution in [0.3, 0.4) is 0 Å². The number of hydrogen-bond donors (Lipinski definition) is 1. The van der Waals surface area contributed by atoms with E-state index in [1.54, 1.807) is 19.1 Å². The second kappa shape index (κ2) is 9.73. The molecule has 1 heterocycles. The third kappa shape index (κ3) is 5.99. The standard InChI is InChI=1S/C17H25FN2O2.ClH/c1-3-19-12-14-7-9-20(10-8-14)17(21)13(2)22-16-6-4-5-15(18)11-16;/h4-6,11,13-14,19H,3,7-10,12H2,1-2H3;1H. The van der Waals surface area contributed by atoms with E-state index >= 15 is 0 Å². The third-order valence-electron chi connectivity index (χ3n) is 4.07. The van der Waals surface area contributed by atoms with E-state index in [1.807, 2.05) is 4.90 Å². The van der Waals surface area contributed by atoms with Crippen LogP contribution >= 0.6 is 12.4 Å². The van der Waals surface area contributed by atoms with Crippen LogP contribution in [-0.2, 0) is 4.79 Å². The number of nitrogens with one attached hydrogen (secondary N) is 1. The van der Waals surface area contributed by atoms with Gasteiger partial charge in [-0.15, -0.1) is 12.4 Å². The lowest BCUT2D eigenvalue weighted by molar-refractivity contribution is -0.139. The molecule has 6 heteroatoms. The quantitative estimate of drug-likeness (QED) is 0.862. The van der Waals surface area contributed by atoms with Gasteiger partial charge in [-0.05, 0) is 50.9 Å². The molecule has 0 saturated carbocycles. The zero-order chi connectivity index (χ0) is 15.9. The maximum atomic E-state index is 13.1. The van der Waals surface area contributed by atoms with E-state index in [1.165, 1.54) is 12.1 Å². The first-order valence-corrected chi connectivity index (χ1v) is 8.02. The smallest absolute Gasteiger partial charge is 0.263 e. The van der Waals surface area contributed by atoms with E-state index in [0.717, 1.165) is 39.0 Å². The Labute approximate surface area is 143 Å². The molecular weight excluding hydrogens is 319 g/mol. The highest BCUT2D eigenvalue weighted by Crippen LogP contribution is 2.19. The van der Waals surface area contributed by atoms with Gasteiger partial charge in [0, 0.05) is 19.2 Å². The van der Waals surface area contributed by atoms with Crippen LogP contribution in [0.5, 0.6) is 5.75 Å². The van der Waals surface area contributed by atoms with Crippen molar-refractivity contribution < 1.29 is 13.9 Å². The van der Waals surface area contributed by atoms with Gasteiger partial charge in [-0.25, -0.2) is 4.39 Å². The number of hydrogen-bond acceptors (Lipinski definition) is 3. The number of halogens is 2. The molecule has 1 saturated heterocycles. The van der Waals surface area contributed by atoms with Gasteiger partial charge in [0.05, 0.1) is 0 Å². The number of amides is 1. The van der Waals surface area contributed by atoms with Crippen LogP contribution in [0.4, 0.5) is 4.39 Å². The number of nitrogens with zero attached hydrogens (tertiary/aromatic N) is 1. The molecule has 4 nitrogen and oxygen atoms in total. The molecule has 1 unspecified atom stereocenters. The number of likely N-dealkylation sites (tertiary alicyclic amines) is 1. The van der Waals surface area contributed by atoms with Gasteiger partial charge in [0.15, 0.2) is 6.10 Å². The Bertz CT molecular complexity index is 493. The molecule has 0 radical (unpaired) electrons. The molecule has 130 valence electrons. The number of carbonyl (C=O) groups excluding carboxylic acids is 1. The second-order valence-corrected chi connectivity index (χ2v) is 5.79. The Hall–Kier alpha value is -1.33. The molecule has 1 aromatic rings. The number of rotatable bonds is 6. The molecule has 1 atom stereocenters. The molecule has 1 aliphatic rings. The van der Waals surface area contributed by atoms with E-state index in [9.17, 15) is 9.18 Å². The molecular formula is C17H26ClFN2O2. The maximum absolute atomic E-state index is 13.1. The highest BCUT2D eigenvalue weighted by Gasteiger charge is 2.26. The van der Waals surface area contributed by atoms with Crippen LogP contribution in [0.1, 0.15) is 26.7 Å². The van der Waals surface area contributed by atoms with Crippen LogP contribution in [-0.4, -0.2) is 43.1 Å². The summed E-state index contributed by atoms with van der Waals surface area (Å²) in [7, 11) is 0. The monoisotopic (exact) mass is 344 g/mol. The highest BCUT2D eigenvalue weighted by atomic mass is 35.5. The van der Waals surface area contributed by atoms with E-state index < -0.39 is 6.10 Å². The Morgan fingerprint density at radius 1 is 1.43 bits per heavy atom. The molecule has 23 heavy (non-hydrogen) atoms. The van der Waals surface area contributed by atoms with E-state index in [0.29, 0.717) is 11.7 Å². The summed E-state index contributed by atoms with van der Waals surface area (Å²) < 4.78 is 18.7. The van der Waals surface area contributed by atoms with E-state index in [2.05, 4.69) is 12.2 Å². The fourth-order valence-corrected chi connectivity index (χ4v) is 2.76. The maximum Gasteiger partial charge on any atom is 0.263 e. The minimum Gasteiger partial charge on any atom is -0.481 e. The molecule has 1 aromatic carbocycles. The number of benzene rings is 1. The zero-order valence-electron chi connectivity index (χ0n) is 13.8. The van der Waals surface area contributed by atoms with Crippen LogP contribution in [0.25, 0.3) is 0 Å². The number of carbonyl (C=O) groups is 1. The van der Waals surface area contributed by atoms with Crippen molar-refractivity contribution in [3.63, 3.8) is 0 Å². The van der Waals surface area contributed by atoms with Gasteiger partial charge in [0.1, 0.15) is 11.6 Å². The van der Waals surface area contributed by atoms with Crippen LogP contribution in [0.2, 0.25) is 0 Å². The van der Waals surface area contributed by atoms with Crippen LogP contribution in [0.15, 0.2) is 24.3 Å². The summed E-state index contributed by atoms with van der Waals surface area (Å²) in [6, 6.07) is 5.89. The summed E-state index contributed by atoms with van der Waals surface area (Å²) in [5, 5.41) is 3.36. The Balaban J connectivity index is 0.00000264. The summed E-state index contributed by atoms with van der Waals surface area (Å²) in [4.78, 5) is 14.3. The second-order valence-electron chi connectivity index (χ2n) is 5.79. The lowest BCUT2D eigenvalue weighted by Crippen LogP contribution is -2.45. The third-order valence-corrected chi connectivity index (χ3v) is 4.07. The van der Waals surface area contributed by atoms with Crippen molar-refractivity contribution >= 4 is 18.3 Å². The lowest BCUT2D eigenvalue weighted by atomic mass is 9.96. The molecule has 1 aliphatic heterocycles. The van der Waals surface area contributed by atoms with Crippen molar-refractivity contribution in [1.29, 1.82) is 0 Å². The van der Waals surface area contributed by atoms with Gasteiger partial charge in [0.25, 0.3) is 5.91 Å². The van der Waals surface area contributed by atoms with Crippen molar-refractivity contribution in [1.82, 2.24) is 10.2 Å². The molecule has 0 aromatic heterocycles. The summed E-state index contributed by atoms with van der Waals surface area (Å²) in [5.74, 6) is 0.652. The highest BCUT2D eigenvalue weighted by molar-refractivity contribution is 5.85. The topological polar surface area (TPSA) is 41.6 Å². The minimum atomic E-state index is -0.591. The first kappa shape index (κ1) is 19.7. The van der Waals surface area contributed by atoms with E-state index in [-0.39, 0.29) is 24.1 Å². The molecule has 0 spiro atoms. The van der Waals surface area contributed by atoms with Crippen molar-refractivity contribution in [3.8, 4) is 5.75 Å². The number of piperidine rings is 1. The Kier molecular flexibility index (Phi) is 8.34. The van der Waals surface area contributed by atoms with Crippen molar-refractivity contribution in [2.75, 3.05) is 26.2 Å². The summed E-state index contributed by atoms with van der Waals surface area (Å²) in [6.45, 7) is 7.37. The zero-order valence-corrected chi connectivity index (χ0v) is 14.6. The first-order valence-electron chi connectivity index (χ1n) is 8.02. The Morgan fingerprint density at radius 2 is 2.13 bits per heavy atom. The normalized spacial score (nSPS) is 16.6. The average Bonchev–Trinajstić information content (AvgIpc) is 2.52. The van der Waals surface area contributed by atoms with Crippen LogP contribution < -0.4 is 10.1 Å². The fourth-order valence-electron chi connectivity index (χ4n) is 2.76. The molecule has 0 bridgehead atoms.